The number of nitrogens with zero attached hydrogens (tertiary/aromatic N) is 2. The maximum Gasteiger partial charge on any atom is 0.126 e. The van der Waals surface area contributed by atoms with Gasteiger partial charge in [-0.25, -0.2) is 9.97 Å². The first-order valence-corrected chi connectivity index (χ1v) is 9.38. The predicted molar refractivity (Wildman–Crippen MR) is 94.3 cm³/mol. The highest BCUT2D eigenvalue weighted by molar-refractivity contribution is 7.98. The molecule has 1 unspecified atom stereocenters. The molecular formula is C16H19N3OS2. The normalized spacial score (nSPS) is 18.1. The summed E-state index contributed by atoms with van der Waals surface area (Å²) in [6.07, 6.45) is 6.23. The van der Waals surface area contributed by atoms with Crippen LogP contribution in [0.5, 0.6) is 0 Å². The van der Waals surface area contributed by atoms with Gasteiger partial charge in [0.25, 0.3) is 0 Å². The van der Waals surface area contributed by atoms with Crippen molar-refractivity contribution >= 4 is 29.6 Å². The first-order valence-electron chi connectivity index (χ1n) is 7.35. The van der Waals surface area contributed by atoms with E-state index in [0.29, 0.717) is 5.25 Å². The molecule has 0 amide bonds. The number of pyridine rings is 2. The van der Waals surface area contributed by atoms with Crippen molar-refractivity contribution < 1.29 is 4.18 Å². The molecule has 0 aromatic carbocycles. The maximum atomic E-state index is 5.43. The number of hydrogen-bond acceptors (Lipinski definition) is 6. The molecule has 0 aliphatic carbocycles. The smallest absolute Gasteiger partial charge is 0.126 e. The summed E-state index contributed by atoms with van der Waals surface area (Å²) < 4.78 is 5.43. The molecule has 1 aliphatic rings. The zero-order valence-electron chi connectivity index (χ0n) is 12.5. The average molecular weight is 333 g/mol. The molecule has 2 aromatic heterocycles. The van der Waals surface area contributed by atoms with Crippen LogP contribution in [0.2, 0.25) is 0 Å². The molecule has 3 rings (SSSR count). The second-order valence-electron chi connectivity index (χ2n) is 5.06. The molecule has 116 valence electrons. The summed E-state index contributed by atoms with van der Waals surface area (Å²) in [4.78, 5) is 9.08. The van der Waals surface area contributed by atoms with Gasteiger partial charge in [0.05, 0.1) is 17.3 Å². The number of thioether (sulfide) groups is 1. The van der Waals surface area contributed by atoms with Crippen molar-refractivity contribution in [1.82, 2.24) is 9.97 Å². The Labute approximate surface area is 139 Å². The largest absolute Gasteiger partial charge is 0.369 e. The zero-order chi connectivity index (χ0) is 15.2. The van der Waals surface area contributed by atoms with E-state index in [4.69, 9.17) is 4.18 Å². The average Bonchev–Trinajstić information content (AvgIpc) is 2.61. The van der Waals surface area contributed by atoms with Gasteiger partial charge in [0.1, 0.15) is 5.82 Å². The third-order valence-corrected chi connectivity index (χ3v) is 5.10. The fourth-order valence-electron chi connectivity index (χ4n) is 2.26. The topological polar surface area (TPSA) is 47.0 Å². The molecule has 6 heteroatoms. The lowest BCUT2D eigenvalue weighted by Gasteiger charge is -2.21. The van der Waals surface area contributed by atoms with E-state index in [2.05, 4.69) is 21.4 Å². The second-order valence-corrected chi connectivity index (χ2v) is 6.98. The second kappa shape index (κ2) is 7.85. The molecule has 0 spiro atoms. The van der Waals surface area contributed by atoms with Crippen molar-refractivity contribution in [3.05, 3.63) is 36.5 Å². The van der Waals surface area contributed by atoms with E-state index >= 15 is 0 Å². The van der Waals surface area contributed by atoms with Gasteiger partial charge in [-0.15, -0.1) is 11.8 Å². The Balaban J connectivity index is 1.66. The number of rotatable bonds is 5. The Kier molecular flexibility index (Phi) is 5.58. The summed E-state index contributed by atoms with van der Waals surface area (Å²) in [7, 11) is 0. The van der Waals surface area contributed by atoms with E-state index in [1.54, 1.807) is 23.8 Å². The standard InChI is InChI=1S/C16H19N3OS2/c1-21-16-8-7-12(10-18-16)14-5-2-6-15(19-14)17-11-13-4-3-9-20-22-13/h2,5-8,10,13H,3-4,9,11H2,1H3,(H,17,19). The van der Waals surface area contributed by atoms with Gasteiger partial charge in [0.15, 0.2) is 0 Å². The molecule has 0 bridgehead atoms. The van der Waals surface area contributed by atoms with Crippen LogP contribution in [0.3, 0.4) is 0 Å². The maximum absolute atomic E-state index is 5.43. The molecule has 1 saturated heterocycles. The Bertz CT molecular complexity index is 601. The fraction of sp³-hybridized carbons (Fsp3) is 0.375. The van der Waals surface area contributed by atoms with Gasteiger partial charge >= 0.3 is 0 Å². The summed E-state index contributed by atoms with van der Waals surface area (Å²) >= 11 is 3.23. The third kappa shape index (κ3) is 4.15. The Morgan fingerprint density at radius 3 is 3.05 bits per heavy atom. The molecule has 22 heavy (non-hydrogen) atoms. The molecule has 2 aromatic rings. The number of hydrogen-bond donors (Lipinski definition) is 1. The van der Waals surface area contributed by atoms with Crippen LogP contribution in [0.25, 0.3) is 11.3 Å². The minimum atomic E-state index is 0.502. The van der Waals surface area contributed by atoms with Crippen LogP contribution in [-0.4, -0.2) is 34.6 Å². The summed E-state index contributed by atoms with van der Waals surface area (Å²) in [5, 5.41) is 4.93. The minimum Gasteiger partial charge on any atom is -0.369 e. The van der Waals surface area contributed by atoms with E-state index < -0.39 is 0 Å². The monoisotopic (exact) mass is 333 g/mol. The van der Waals surface area contributed by atoms with Gasteiger partial charge < -0.3 is 9.50 Å². The van der Waals surface area contributed by atoms with Gasteiger partial charge in [-0.2, -0.15) is 0 Å². The zero-order valence-corrected chi connectivity index (χ0v) is 14.1. The van der Waals surface area contributed by atoms with Gasteiger partial charge in [-0.1, -0.05) is 6.07 Å². The molecule has 0 radical (unpaired) electrons. The van der Waals surface area contributed by atoms with Crippen LogP contribution in [0.4, 0.5) is 5.82 Å². The van der Waals surface area contributed by atoms with Crippen LogP contribution in [0, 0.1) is 0 Å². The van der Waals surface area contributed by atoms with Crippen LogP contribution >= 0.6 is 23.8 Å². The highest BCUT2D eigenvalue weighted by Crippen LogP contribution is 2.24. The van der Waals surface area contributed by atoms with Crippen LogP contribution in [-0.2, 0) is 4.18 Å². The van der Waals surface area contributed by atoms with Gasteiger partial charge in [0.2, 0.25) is 0 Å². The SMILES string of the molecule is CSc1ccc(-c2cccc(NCC3CCCOS3)n2)cn1. The van der Waals surface area contributed by atoms with E-state index in [-0.39, 0.29) is 0 Å². The minimum absolute atomic E-state index is 0.502. The summed E-state index contributed by atoms with van der Waals surface area (Å²) in [6, 6.07) is 10.1. The molecule has 1 fully saturated rings. The quantitative estimate of drug-likeness (QED) is 0.656. The Hall–Kier alpha value is -1.24. The lowest BCUT2D eigenvalue weighted by molar-refractivity contribution is 0.332. The highest BCUT2D eigenvalue weighted by atomic mass is 32.2. The van der Waals surface area contributed by atoms with Gasteiger partial charge in [0, 0.05) is 23.6 Å². The fourth-order valence-corrected chi connectivity index (χ4v) is 3.45. The van der Waals surface area contributed by atoms with E-state index in [0.717, 1.165) is 41.7 Å². The van der Waals surface area contributed by atoms with E-state index in [9.17, 15) is 0 Å². The molecule has 3 heterocycles. The van der Waals surface area contributed by atoms with Crippen molar-refractivity contribution in [1.29, 1.82) is 0 Å². The lowest BCUT2D eigenvalue weighted by atomic mass is 10.2. The van der Waals surface area contributed by atoms with Crippen molar-refractivity contribution in [2.75, 3.05) is 24.7 Å². The van der Waals surface area contributed by atoms with Crippen molar-refractivity contribution in [3.63, 3.8) is 0 Å². The number of aromatic nitrogens is 2. The Morgan fingerprint density at radius 1 is 1.36 bits per heavy atom. The first kappa shape index (κ1) is 15.6. The summed E-state index contributed by atoms with van der Waals surface area (Å²) in [5.41, 5.74) is 1.98. The van der Waals surface area contributed by atoms with E-state index in [1.165, 1.54) is 6.42 Å². The third-order valence-electron chi connectivity index (χ3n) is 3.46. The number of nitrogens with one attached hydrogen (secondary N) is 1. The number of anilines is 1. The molecule has 4 nitrogen and oxygen atoms in total. The molecular weight excluding hydrogens is 314 g/mol. The van der Waals surface area contributed by atoms with Crippen LogP contribution in [0.15, 0.2) is 41.6 Å². The molecule has 0 saturated carbocycles. The predicted octanol–water partition coefficient (Wildman–Crippen LogP) is 4.10. The van der Waals surface area contributed by atoms with Crippen LogP contribution in [0.1, 0.15) is 12.8 Å². The van der Waals surface area contributed by atoms with Gasteiger partial charge in [-0.3, -0.25) is 0 Å². The van der Waals surface area contributed by atoms with Crippen LogP contribution < -0.4 is 5.32 Å². The summed E-state index contributed by atoms with van der Waals surface area (Å²) in [6.45, 7) is 1.75. The summed E-state index contributed by atoms with van der Waals surface area (Å²) in [5.74, 6) is 0.901. The first-order chi connectivity index (χ1) is 10.8. The highest BCUT2D eigenvalue weighted by Gasteiger charge is 2.15. The van der Waals surface area contributed by atoms with Crippen molar-refractivity contribution in [3.8, 4) is 11.3 Å². The molecule has 1 atom stereocenters. The van der Waals surface area contributed by atoms with Crippen molar-refractivity contribution in [2.24, 2.45) is 0 Å². The Morgan fingerprint density at radius 2 is 2.32 bits per heavy atom. The van der Waals surface area contributed by atoms with Gasteiger partial charge in [-0.05, 0) is 55.4 Å². The molecule has 1 aliphatic heterocycles. The van der Waals surface area contributed by atoms with Crippen molar-refractivity contribution in [2.45, 2.75) is 23.1 Å². The lowest BCUT2D eigenvalue weighted by Crippen LogP contribution is -2.21. The molecule has 1 N–H and O–H groups in total. The van der Waals surface area contributed by atoms with E-state index in [1.807, 2.05) is 36.7 Å².